The summed E-state index contributed by atoms with van der Waals surface area (Å²) in [5.41, 5.74) is 2.88. The zero-order chi connectivity index (χ0) is 12.3. The number of hydrogen-bond acceptors (Lipinski definition) is 4. The minimum absolute atomic E-state index is 0.219. The van der Waals surface area contributed by atoms with E-state index in [-0.39, 0.29) is 12.1 Å². The lowest BCUT2D eigenvalue weighted by atomic mass is 10.0. The Kier molecular flexibility index (Phi) is 4.15. The average Bonchev–Trinajstić information content (AvgIpc) is 2.90. The number of nitrogens with two attached hydrogens (primary N) is 1. The molecule has 1 aliphatic heterocycles. The SMILES string of the molecule is CC1CCC(C(CCc2nccn2C)NN)O1. The number of ether oxygens (including phenoxy) is 1. The van der Waals surface area contributed by atoms with Crippen LogP contribution in [0.1, 0.15) is 32.0 Å². The highest BCUT2D eigenvalue weighted by atomic mass is 16.5. The summed E-state index contributed by atoms with van der Waals surface area (Å²) in [4.78, 5) is 4.32. The van der Waals surface area contributed by atoms with Crippen molar-refractivity contribution in [1.29, 1.82) is 0 Å². The van der Waals surface area contributed by atoms with Gasteiger partial charge in [-0.1, -0.05) is 0 Å². The molecule has 3 N–H and O–H groups in total. The monoisotopic (exact) mass is 238 g/mol. The molecule has 1 saturated heterocycles. The molecule has 0 aromatic carbocycles. The Hall–Kier alpha value is -0.910. The van der Waals surface area contributed by atoms with Gasteiger partial charge in [-0.05, 0) is 26.2 Å². The summed E-state index contributed by atoms with van der Waals surface area (Å²) in [5, 5.41) is 0. The van der Waals surface area contributed by atoms with Crippen LogP contribution in [0.15, 0.2) is 12.4 Å². The third-order valence-electron chi connectivity index (χ3n) is 3.53. The van der Waals surface area contributed by atoms with Crippen molar-refractivity contribution in [1.82, 2.24) is 15.0 Å². The Morgan fingerprint density at radius 3 is 3.00 bits per heavy atom. The minimum atomic E-state index is 0.219. The molecule has 5 nitrogen and oxygen atoms in total. The molecule has 0 spiro atoms. The summed E-state index contributed by atoms with van der Waals surface area (Å²) in [6, 6.07) is 0.219. The van der Waals surface area contributed by atoms with Crippen LogP contribution in [0, 0.1) is 0 Å². The molecule has 1 aromatic heterocycles. The van der Waals surface area contributed by atoms with E-state index in [1.165, 1.54) is 0 Å². The van der Waals surface area contributed by atoms with Gasteiger partial charge in [0.2, 0.25) is 0 Å². The molecule has 3 unspecified atom stereocenters. The van der Waals surface area contributed by atoms with Gasteiger partial charge in [0.25, 0.3) is 0 Å². The molecule has 0 aliphatic carbocycles. The molecule has 0 radical (unpaired) electrons. The van der Waals surface area contributed by atoms with E-state index >= 15 is 0 Å². The normalized spacial score (nSPS) is 26.3. The van der Waals surface area contributed by atoms with E-state index in [4.69, 9.17) is 10.6 Å². The van der Waals surface area contributed by atoms with E-state index in [0.717, 1.165) is 31.5 Å². The van der Waals surface area contributed by atoms with E-state index in [9.17, 15) is 0 Å². The number of nitrogens with zero attached hydrogens (tertiary/aromatic N) is 2. The Labute approximate surface area is 102 Å². The molecule has 1 aliphatic rings. The fraction of sp³-hybridized carbons (Fsp3) is 0.750. The van der Waals surface area contributed by atoms with Crippen LogP contribution in [0.25, 0.3) is 0 Å². The number of aryl methyl sites for hydroxylation is 2. The maximum absolute atomic E-state index is 5.84. The van der Waals surface area contributed by atoms with Gasteiger partial charge in [-0.15, -0.1) is 0 Å². The van der Waals surface area contributed by atoms with Crippen LogP contribution in [0.5, 0.6) is 0 Å². The van der Waals surface area contributed by atoms with Crippen molar-refractivity contribution in [3.05, 3.63) is 18.2 Å². The van der Waals surface area contributed by atoms with Crippen molar-refractivity contribution in [3.63, 3.8) is 0 Å². The fourth-order valence-corrected chi connectivity index (χ4v) is 2.43. The van der Waals surface area contributed by atoms with Gasteiger partial charge in [0.1, 0.15) is 5.82 Å². The smallest absolute Gasteiger partial charge is 0.108 e. The number of hydrogen-bond donors (Lipinski definition) is 2. The van der Waals surface area contributed by atoms with Gasteiger partial charge in [-0.2, -0.15) is 0 Å². The van der Waals surface area contributed by atoms with Crippen LogP contribution in [0.4, 0.5) is 0 Å². The molecule has 96 valence electrons. The molecule has 0 bridgehead atoms. The van der Waals surface area contributed by atoms with E-state index in [1.54, 1.807) is 0 Å². The Morgan fingerprint density at radius 2 is 2.47 bits per heavy atom. The Morgan fingerprint density at radius 1 is 1.65 bits per heavy atom. The molecule has 17 heavy (non-hydrogen) atoms. The molecule has 0 saturated carbocycles. The first-order chi connectivity index (χ1) is 8.20. The van der Waals surface area contributed by atoms with E-state index < -0.39 is 0 Å². The van der Waals surface area contributed by atoms with Crippen LogP contribution in [0.2, 0.25) is 0 Å². The third-order valence-corrected chi connectivity index (χ3v) is 3.53. The van der Waals surface area contributed by atoms with Crippen molar-refractivity contribution >= 4 is 0 Å². The predicted molar refractivity (Wildman–Crippen MR) is 66.2 cm³/mol. The fourth-order valence-electron chi connectivity index (χ4n) is 2.43. The zero-order valence-corrected chi connectivity index (χ0v) is 10.6. The van der Waals surface area contributed by atoms with E-state index in [1.807, 2.05) is 24.0 Å². The zero-order valence-electron chi connectivity index (χ0n) is 10.6. The van der Waals surface area contributed by atoms with Gasteiger partial charge >= 0.3 is 0 Å². The molecule has 5 heteroatoms. The molecule has 0 amide bonds. The van der Waals surface area contributed by atoms with Crippen molar-refractivity contribution in [2.24, 2.45) is 12.9 Å². The molecule has 3 atom stereocenters. The second-order valence-corrected chi connectivity index (χ2v) is 4.83. The largest absolute Gasteiger partial charge is 0.374 e. The van der Waals surface area contributed by atoms with Crippen molar-refractivity contribution in [2.45, 2.75) is 50.9 Å². The van der Waals surface area contributed by atoms with Crippen LogP contribution in [-0.4, -0.2) is 27.8 Å². The van der Waals surface area contributed by atoms with Gasteiger partial charge in [-0.25, -0.2) is 4.98 Å². The first kappa shape index (κ1) is 12.5. The number of aromatic nitrogens is 2. The number of rotatable bonds is 5. The summed E-state index contributed by atoms with van der Waals surface area (Å²) in [6.07, 6.45) is 8.51. The van der Waals surface area contributed by atoms with Gasteiger partial charge in [0, 0.05) is 31.9 Å². The maximum atomic E-state index is 5.84. The first-order valence-electron chi connectivity index (χ1n) is 6.28. The molecule has 2 rings (SSSR count). The lowest BCUT2D eigenvalue weighted by Gasteiger charge is -2.22. The average molecular weight is 238 g/mol. The number of hydrazine groups is 1. The summed E-state index contributed by atoms with van der Waals surface area (Å²) in [6.45, 7) is 2.12. The minimum Gasteiger partial charge on any atom is -0.374 e. The Bertz CT molecular complexity index is 352. The van der Waals surface area contributed by atoms with Crippen LogP contribution < -0.4 is 11.3 Å². The van der Waals surface area contributed by atoms with E-state index in [2.05, 4.69) is 17.3 Å². The molecule has 2 heterocycles. The third kappa shape index (κ3) is 3.06. The highest BCUT2D eigenvalue weighted by Gasteiger charge is 2.28. The van der Waals surface area contributed by atoms with Crippen molar-refractivity contribution in [3.8, 4) is 0 Å². The Balaban J connectivity index is 1.86. The summed E-state index contributed by atoms with van der Waals surface area (Å²) in [5.74, 6) is 6.71. The lowest BCUT2D eigenvalue weighted by molar-refractivity contribution is 0.0300. The second kappa shape index (κ2) is 5.62. The number of nitrogens with one attached hydrogen (secondary N) is 1. The van der Waals surface area contributed by atoms with Gasteiger partial charge in [0.05, 0.1) is 12.2 Å². The van der Waals surface area contributed by atoms with Crippen LogP contribution in [0.3, 0.4) is 0 Å². The predicted octanol–water partition coefficient (Wildman–Crippen LogP) is 0.752. The first-order valence-corrected chi connectivity index (χ1v) is 6.28. The van der Waals surface area contributed by atoms with E-state index in [0.29, 0.717) is 6.10 Å². The van der Waals surface area contributed by atoms with Crippen molar-refractivity contribution < 1.29 is 4.74 Å². The second-order valence-electron chi connectivity index (χ2n) is 4.83. The quantitative estimate of drug-likeness (QED) is 0.587. The standard InChI is InChI=1S/C12H22N4O/c1-9-3-5-11(17-9)10(15-13)4-6-12-14-7-8-16(12)2/h7-11,15H,3-6,13H2,1-2H3. The van der Waals surface area contributed by atoms with Crippen molar-refractivity contribution in [2.75, 3.05) is 0 Å². The lowest BCUT2D eigenvalue weighted by Crippen LogP contribution is -2.44. The molecular weight excluding hydrogens is 216 g/mol. The molecular formula is C12H22N4O. The summed E-state index contributed by atoms with van der Waals surface area (Å²) >= 11 is 0. The summed E-state index contributed by atoms with van der Waals surface area (Å²) in [7, 11) is 2.02. The molecule has 1 fully saturated rings. The van der Waals surface area contributed by atoms with Gasteiger partial charge < -0.3 is 9.30 Å². The van der Waals surface area contributed by atoms with Crippen LogP contribution in [-0.2, 0) is 18.2 Å². The topological polar surface area (TPSA) is 65.1 Å². The maximum Gasteiger partial charge on any atom is 0.108 e. The van der Waals surface area contributed by atoms with Crippen LogP contribution >= 0.6 is 0 Å². The highest BCUT2D eigenvalue weighted by molar-refractivity contribution is 4.93. The summed E-state index contributed by atoms with van der Waals surface area (Å²) < 4.78 is 7.89. The van der Waals surface area contributed by atoms with Gasteiger partial charge in [0.15, 0.2) is 0 Å². The number of imidazole rings is 1. The highest BCUT2D eigenvalue weighted by Crippen LogP contribution is 2.23. The molecule has 1 aromatic rings. The van der Waals surface area contributed by atoms with Gasteiger partial charge in [-0.3, -0.25) is 11.3 Å².